The standard InChI is InChI=1S/C22H14F4N6O4/c23-14-6-12(18(33)9-1-3-10(4-2-9)21(35)36)11(5-13(14)22(24,25)26)7-28-20(34)17-15-16(29-8-30-17)19(27)32-31-15/h1-6,8H,7H2,(H,28,34)(H,35,36)(H3,27,31,32). The van der Waals surface area contributed by atoms with E-state index in [0.29, 0.717) is 12.1 Å². The SMILES string of the molecule is Nc1n[nH]c2c(C(=O)NCc3cc(C(F)(F)F)c(F)cc3C(=O)c3ccc(C(=O)O)cc3)ncnc12. The number of carboxylic acids is 1. The van der Waals surface area contributed by atoms with Crippen LogP contribution >= 0.6 is 0 Å². The minimum atomic E-state index is -5.07. The summed E-state index contributed by atoms with van der Waals surface area (Å²) in [7, 11) is 0. The summed E-state index contributed by atoms with van der Waals surface area (Å²) in [4.78, 5) is 44.4. The van der Waals surface area contributed by atoms with Crippen molar-refractivity contribution in [3.05, 3.63) is 82.1 Å². The fourth-order valence-corrected chi connectivity index (χ4v) is 3.40. The van der Waals surface area contributed by atoms with Gasteiger partial charge in [-0.25, -0.2) is 19.2 Å². The number of rotatable bonds is 6. The van der Waals surface area contributed by atoms with Gasteiger partial charge in [-0.2, -0.15) is 18.3 Å². The van der Waals surface area contributed by atoms with Crippen LogP contribution in [0.5, 0.6) is 0 Å². The molecule has 2 heterocycles. The summed E-state index contributed by atoms with van der Waals surface area (Å²) in [6.45, 7) is -0.606. The second-order valence-corrected chi connectivity index (χ2v) is 7.44. The number of benzene rings is 2. The summed E-state index contributed by atoms with van der Waals surface area (Å²) < 4.78 is 54.3. The Kier molecular flexibility index (Phi) is 6.10. The van der Waals surface area contributed by atoms with E-state index in [1.165, 1.54) is 0 Å². The van der Waals surface area contributed by atoms with Crippen LogP contribution in [0.25, 0.3) is 11.0 Å². The first kappa shape index (κ1) is 24.3. The van der Waals surface area contributed by atoms with Crippen LogP contribution in [0.2, 0.25) is 0 Å². The summed E-state index contributed by atoms with van der Waals surface area (Å²) in [5.41, 5.74) is 3.01. The minimum Gasteiger partial charge on any atom is -0.478 e. The predicted octanol–water partition coefficient (Wildman–Crippen LogP) is 2.95. The molecule has 2 aromatic heterocycles. The molecule has 0 radical (unpaired) electrons. The lowest BCUT2D eigenvalue weighted by molar-refractivity contribution is -0.140. The number of H-pyrrole nitrogens is 1. The number of fused-ring (bicyclic) bond motifs is 1. The van der Waals surface area contributed by atoms with Gasteiger partial charge in [0.15, 0.2) is 17.3 Å². The highest BCUT2D eigenvalue weighted by Gasteiger charge is 2.35. The zero-order valence-electron chi connectivity index (χ0n) is 17.9. The number of hydrogen-bond acceptors (Lipinski definition) is 7. The molecule has 0 bridgehead atoms. The van der Waals surface area contributed by atoms with Crippen molar-refractivity contribution in [2.45, 2.75) is 12.7 Å². The first-order valence-electron chi connectivity index (χ1n) is 9.97. The van der Waals surface area contributed by atoms with E-state index in [2.05, 4.69) is 25.5 Å². The fraction of sp³-hybridized carbons (Fsp3) is 0.0909. The quantitative estimate of drug-likeness (QED) is 0.231. The molecule has 0 aliphatic carbocycles. The maximum atomic E-state index is 14.3. The number of anilines is 1. The highest BCUT2D eigenvalue weighted by atomic mass is 19.4. The van der Waals surface area contributed by atoms with Gasteiger partial charge in [-0.05, 0) is 29.8 Å². The molecule has 184 valence electrons. The van der Waals surface area contributed by atoms with E-state index in [0.717, 1.165) is 30.6 Å². The van der Waals surface area contributed by atoms with Gasteiger partial charge < -0.3 is 16.2 Å². The molecule has 0 spiro atoms. The zero-order valence-corrected chi connectivity index (χ0v) is 17.9. The number of nitrogens with two attached hydrogens (primary N) is 1. The molecule has 0 atom stereocenters. The van der Waals surface area contributed by atoms with E-state index in [1.54, 1.807) is 0 Å². The molecule has 0 aliphatic heterocycles. The van der Waals surface area contributed by atoms with Crippen LogP contribution in [0, 0.1) is 5.82 Å². The summed E-state index contributed by atoms with van der Waals surface area (Å²) in [6.07, 6.45) is -4.03. The second-order valence-electron chi connectivity index (χ2n) is 7.44. The number of nitrogen functional groups attached to an aromatic ring is 1. The number of amides is 1. The lowest BCUT2D eigenvalue weighted by atomic mass is 9.95. The van der Waals surface area contributed by atoms with Gasteiger partial charge in [0, 0.05) is 17.7 Å². The van der Waals surface area contributed by atoms with Crippen molar-refractivity contribution in [1.82, 2.24) is 25.5 Å². The number of alkyl halides is 3. The van der Waals surface area contributed by atoms with Gasteiger partial charge in [-0.1, -0.05) is 12.1 Å². The minimum absolute atomic E-state index is 0.00315. The number of ketones is 1. The highest BCUT2D eigenvalue weighted by molar-refractivity contribution is 6.10. The van der Waals surface area contributed by atoms with Crippen LogP contribution in [0.4, 0.5) is 23.4 Å². The first-order chi connectivity index (χ1) is 17.0. The Bertz CT molecular complexity index is 1520. The molecule has 0 unspecified atom stereocenters. The number of halogens is 4. The molecule has 0 saturated carbocycles. The Hall–Kier alpha value is -4.88. The molecule has 2 aromatic carbocycles. The molecular formula is C22H14F4N6O4. The third-order valence-electron chi connectivity index (χ3n) is 5.17. The fourth-order valence-electron chi connectivity index (χ4n) is 3.40. The number of aromatic carboxylic acids is 1. The van der Waals surface area contributed by atoms with Crippen molar-refractivity contribution in [2.24, 2.45) is 0 Å². The molecule has 0 fully saturated rings. The van der Waals surface area contributed by atoms with Gasteiger partial charge in [0.2, 0.25) is 0 Å². The van der Waals surface area contributed by atoms with Crippen molar-refractivity contribution in [3.8, 4) is 0 Å². The Balaban J connectivity index is 1.70. The molecule has 36 heavy (non-hydrogen) atoms. The van der Waals surface area contributed by atoms with Crippen LogP contribution in [0.15, 0.2) is 42.7 Å². The molecule has 5 N–H and O–H groups in total. The number of carbonyl (C=O) groups is 3. The number of aromatic nitrogens is 4. The van der Waals surface area contributed by atoms with Gasteiger partial charge >= 0.3 is 12.1 Å². The third-order valence-corrected chi connectivity index (χ3v) is 5.17. The van der Waals surface area contributed by atoms with Crippen LogP contribution in [-0.2, 0) is 12.7 Å². The van der Waals surface area contributed by atoms with Crippen molar-refractivity contribution < 1.29 is 37.1 Å². The Morgan fingerprint density at radius 2 is 1.72 bits per heavy atom. The number of aromatic amines is 1. The molecule has 0 saturated heterocycles. The van der Waals surface area contributed by atoms with Crippen molar-refractivity contribution in [1.29, 1.82) is 0 Å². The van der Waals surface area contributed by atoms with E-state index in [9.17, 15) is 31.9 Å². The Morgan fingerprint density at radius 1 is 1.06 bits per heavy atom. The van der Waals surface area contributed by atoms with Crippen molar-refractivity contribution >= 4 is 34.5 Å². The van der Waals surface area contributed by atoms with E-state index in [-0.39, 0.29) is 39.2 Å². The Morgan fingerprint density at radius 3 is 2.36 bits per heavy atom. The summed E-state index contributed by atoms with van der Waals surface area (Å²) >= 11 is 0. The average molecular weight is 502 g/mol. The van der Waals surface area contributed by atoms with Crippen LogP contribution in [0.1, 0.15) is 47.9 Å². The van der Waals surface area contributed by atoms with Gasteiger partial charge in [-0.3, -0.25) is 14.7 Å². The number of nitrogens with zero attached hydrogens (tertiary/aromatic N) is 3. The monoisotopic (exact) mass is 502 g/mol. The van der Waals surface area contributed by atoms with E-state index in [1.807, 2.05) is 0 Å². The van der Waals surface area contributed by atoms with E-state index >= 15 is 0 Å². The van der Waals surface area contributed by atoms with Gasteiger partial charge in [0.05, 0.1) is 11.1 Å². The number of carbonyl (C=O) groups excluding carboxylic acids is 2. The normalized spacial score (nSPS) is 11.4. The van der Waals surface area contributed by atoms with Crippen LogP contribution in [-0.4, -0.2) is 42.9 Å². The number of carboxylic acid groups (broad SMARTS) is 1. The Labute approximate surface area is 198 Å². The first-order valence-corrected chi connectivity index (χ1v) is 9.97. The highest BCUT2D eigenvalue weighted by Crippen LogP contribution is 2.33. The number of hydrogen-bond donors (Lipinski definition) is 4. The summed E-state index contributed by atoms with van der Waals surface area (Å²) in [5, 5.41) is 17.5. The predicted molar refractivity (Wildman–Crippen MR) is 116 cm³/mol. The smallest absolute Gasteiger partial charge is 0.419 e. The lowest BCUT2D eigenvalue weighted by Crippen LogP contribution is -2.26. The molecule has 10 nitrogen and oxygen atoms in total. The maximum absolute atomic E-state index is 14.3. The van der Waals surface area contributed by atoms with Crippen LogP contribution in [0.3, 0.4) is 0 Å². The number of nitrogens with one attached hydrogen (secondary N) is 2. The summed E-state index contributed by atoms with van der Waals surface area (Å²) in [5.74, 6) is -4.68. The van der Waals surface area contributed by atoms with E-state index in [4.69, 9.17) is 10.8 Å². The average Bonchev–Trinajstić information content (AvgIpc) is 3.22. The van der Waals surface area contributed by atoms with E-state index < -0.39 is 47.3 Å². The topological polar surface area (TPSA) is 164 Å². The van der Waals surface area contributed by atoms with Crippen molar-refractivity contribution in [2.75, 3.05) is 5.73 Å². The molecule has 14 heteroatoms. The molecular weight excluding hydrogens is 488 g/mol. The van der Waals surface area contributed by atoms with Gasteiger partial charge in [-0.15, -0.1) is 0 Å². The molecule has 1 amide bonds. The summed E-state index contributed by atoms with van der Waals surface area (Å²) in [6, 6.07) is 5.38. The van der Waals surface area contributed by atoms with Crippen LogP contribution < -0.4 is 11.1 Å². The second kappa shape index (κ2) is 9.05. The zero-order chi connectivity index (χ0) is 26.2. The molecule has 4 aromatic rings. The molecule has 0 aliphatic rings. The molecule has 4 rings (SSSR count). The lowest BCUT2D eigenvalue weighted by Gasteiger charge is -2.15. The van der Waals surface area contributed by atoms with Crippen molar-refractivity contribution in [3.63, 3.8) is 0 Å². The maximum Gasteiger partial charge on any atom is 0.419 e. The van der Waals surface area contributed by atoms with Gasteiger partial charge in [0.25, 0.3) is 5.91 Å². The van der Waals surface area contributed by atoms with Gasteiger partial charge in [0.1, 0.15) is 23.2 Å². The largest absolute Gasteiger partial charge is 0.478 e. The third kappa shape index (κ3) is 4.55.